The number of hydrogen-bond donors (Lipinski definition) is 1. The van der Waals surface area contributed by atoms with Crippen LogP contribution >= 0.6 is 0 Å². The van der Waals surface area contributed by atoms with Crippen LogP contribution in [0.4, 0.5) is 0 Å². The fraction of sp³-hybridized carbons (Fsp3) is 0.571. The van der Waals surface area contributed by atoms with Crippen LogP contribution in [0.1, 0.15) is 25.0 Å². The van der Waals surface area contributed by atoms with Gasteiger partial charge in [-0.25, -0.2) is 8.42 Å². The molecule has 0 saturated carbocycles. The van der Waals surface area contributed by atoms with Crippen molar-refractivity contribution in [3.05, 3.63) is 29.3 Å². The van der Waals surface area contributed by atoms with Crippen LogP contribution < -0.4 is 5.73 Å². The summed E-state index contributed by atoms with van der Waals surface area (Å²) in [6.45, 7) is 7.20. The Morgan fingerprint density at radius 1 is 1.40 bits per heavy atom. The summed E-state index contributed by atoms with van der Waals surface area (Å²) in [7, 11) is -3.51. The highest BCUT2D eigenvalue weighted by Gasteiger charge is 2.40. The van der Waals surface area contributed by atoms with E-state index in [-0.39, 0.29) is 0 Å². The minimum Gasteiger partial charge on any atom is -0.378 e. The van der Waals surface area contributed by atoms with Crippen LogP contribution in [-0.2, 0) is 21.3 Å². The molecule has 1 heterocycles. The topological polar surface area (TPSA) is 72.6 Å². The highest BCUT2D eigenvalue weighted by atomic mass is 32.2. The zero-order chi connectivity index (χ0) is 15.0. The van der Waals surface area contributed by atoms with E-state index in [2.05, 4.69) is 0 Å². The number of rotatable bonds is 3. The molecule has 0 aromatic heterocycles. The zero-order valence-corrected chi connectivity index (χ0v) is 13.0. The average Bonchev–Trinajstić information content (AvgIpc) is 2.37. The van der Waals surface area contributed by atoms with Crippen LogP contribution in [0.15, 0.2) is 23.1 Å². The van der Waals surface area contributed by atoms with Gasteiger partial charge < -0.3 is 10.5 Å². The summed E-state index contributed by atoms with van der Waals surface area (Å²) >= 11 is 0. The number of sulfonamides is 1. The molecule has 1 aliphatic heterocycles. The molecule has 112 valence electrons. The molecule has 0 amide bonds. The maximum atomic E-state index is 12.9. The van der Waals surface area contributed by atoms with E-state index in [1.165, 1.54) is 4.31 Å². The van der Waals surface area contributed by atoms with E-state index in [4.69, 9.17) is 10.5 Å². The molecule has 5 nitrogen and oxygen atoms in total. The average molecular weight is 298 g/mol. The number of nitrogens with two attached hydrogens (primary N) is 1. The summed E-state index contributed by atoms with van der Waals surface area (Å²) in [6, 6.07) is 5.26. The molecule has 0 unspecified atom stereocenters. The van der Waals surface area contributed by atoms with E-state index in [9.17, 15) is 8.42 Å². The summed E-state index contributed by atoms with van der Waals surface area (Å²) in [5.74, 6) is 0. The molecular weight excluding hydrogens is 276 g/mol. The lowest BCUT2D eigenvalue weighted by Gasteiger charge is -2.41. The first-order chi connectivity index (χ1) is 9.29. The van der Waals surface area contributed by atoms with E-state index in [1.807, 2.05) is 19.9 Å². The Morgan fingerprint density at radius 3 is 2.65 bits per heavy atom. The van der Waals surface area contributed by atoms with Gasteiger partial charge in [0.15, 0.2) is 0 Å². The number of hydrogen-bond acceptors (Lipinski definition) is 4. The maximum absolute atomic E-state index is 12.9. The Labute approximate surface area is 120 Å². The van der Waals surface area contributed by atoms with Crippen molar-refractivity contribution in [1.82, 2.24) is 4.31 Å². The SMILES string of the molecule is Cc1cc(CN)ccc1S(=O)(=O)N1CCOCC1(C)C. The molecule has 2 rings (SSSR count). The molecule has 1 saturated heterocycles. The molecule has 0 spiro atoms. The third-order valence-corrected chi connectivity index (χ3v) is 5.88. The van der Waals surface area contributed by atoms with Gasteiger partial charge in [0.2, 0.25) is 10.0 Å². The second kappa shape index (κ2) is 5.44. The zero-order valence-electron chi connectivity index (χ0n) is 12.2. The highest BCUT2D eigenvalue weighted by molar-refractivity contribution is 7.89. The predicted octanol–water partition coefficient (Wildman–Crippen LogP) is 1.25. The molecular formula is C14H22N2O3S. The molecule has 1 fully saturated rings. The lowest BCUT2D eigenvalue weighted by molar-refractivity contribution is -0.00772. The second-order valence-corrected chi connectivity index (χ2v) is 7.58. The van der Waals surface area contributed by atoms with E-state index in [1.54, 1.807) is 19.1 Å². The molecule has 0 atom stereocenters. The summed E-state index contributed by atoms with van der Waals surface area (Å²) in [4.78, 5) is 0.352. The Kier molecular flexibility index (Phi) is 4.20. The van der Waals surface area contributed by atoms with Crippen LogP contribution in [-0.4, -0.2) is 38.0 Å². The van der Waals surface area contributed by atoms with Crippen LogP contribution in [0.5, 0.6) is 0 Å². The van der Waals surface area contributed by atoms with Crippen molar-refractivity contribution in [3.63, 3.8) is 0 Å². The van der Waals surface area contributed by atoms with Gasteiger partial charge in [-0.05, 0) is 38.0 Å². The minimum atomic E-state index is -3.51. The fourth-order valence-electron chi connectivity index (χ4n) is 2.54. The number of benzene rings is 1. The van der Waals surface area contributed by atoms with Gasteiger partial charge in [-0.2, -0.15) is 4.31 Å². The van der Waals surface area contributed by atoms with Gasteiger partial charge in [-0.1, -0.05) is 12.1 Å². The van der Waals surface area contributed by atoms with E-state index < -0.39 is 15.6 Å². The van der Waals surface area contributed by atoms with Gasteiger partial charge in [0.25, 0.3) is 0 Å². The van der Waals surface area contributed by atoms with Crippen molar-refractivity contribution < 1.29 is 13.2 Å². The molecule has 1 aromatic rings. The van der Waals surface area contributed by atoms with Gasteiger partial charge in [-0.3, -0.25) is 0 Å². The molecule has 20 heavy (non-hydrogen) atoms. The van der Waals surface area contributed by atoms with Gasteiger partial charge in [0.05, 0.1) is 23.6 Å². The Bertz CT molecular complexity index is 596. The van der Waals surface area contributed by atoms with Gasteiger partial charge in [0, 0.05) is 13.1 Å². The quantitative estimate of drug-likeness (QED) is 0.911. The predicted molar refractivity (Wildman–Crippen MR) is 77.9 cm³/mol. The lowest BCUT2D eigenvalue weighted by Crippen LogP contribution is -2.55. The molecule has 6 heteroatoms. The van der Waals surface area contributed by atoms with Gasteiger partial charge in [0.1, 0.15) is 0 Å². The molecule has 0 aliphatic carbocycles. The van der Waals surface area contributed by atoms with Crippen LogP contribution in [0, 0.1) is 6.92 Å². The lowest BCUT2D eigenvalue weighted by atomic mass is 10.1. The molecule has 1 aromatic carbocycles. The Balaban J connectivity index is 2.44. The highest BCUT2D eigenvalue weighted by Crippen LogP contribution is 2.29. The van der Waals surface area contributed by atoms with Crippen molar-refractivity contribution in [2.24, 2.45) is 5.73 Å². The smallest absolute Gasteiger partial charge is 0.243 e. The number of morpholine rings is 1. The second-order valence-electron chi connectivity index (χ2n) is 5.75. The monoisotopic (exact) mass is 298 g/mol. The molecule has 0 radical (unpaired) electrons. The van der Waals surface area contributed by atoms with Crippen molar-refractivity contribution in [2.45, 2.75) is 37.8 Å². The number of aryl methyl sites for hydroxylation is 1. The largest absolute Gasteiger partial charge is 0.378 e. The van der Waals surface area contributed by atoms with E-state index in [0.717, 1.165) is 11.1 Å². The maximum Gasteiger partial charge on any atom is 0.243 e. The van der Waals surface area contributed by atoms with E-state index >= 15 is 0 Å². The van der Waals surface area contributed by atoms with E-state index in [0.29, 0.717) is 31.2 Å². The molecule has 1 aliphatic rings. The van der Waals surface area contributed by atoms with Crippen LogP contribution in [0.3, 0.4) is 0 Å². The van der Waals surface area contributed by atoms with Gasteiger partial charge >= 0.3 is 0 Å². The summed E-state index contributed by atoms with van der Waals surface area (Å²) in [6.07, 6.45) is 0. The third kappa shape index (κ3) is 2.74. The minimum absolute atomic E-state index is 0.352. The van der Waals surface area contributed by atoms with Gasteiger partial charge in [-0.15, -0.1) is 0 Å². The van der Waals surface area contributed by atoms with Crippen molar-refractivity contribution >= 4 is 10.0 Å². The first-order valence-corrected chi connectivity index (χ1v) is 8.13. The Hall–Kier alpha value is -0.950. The van der Waals surface area contributed by atoms with Crippen LogP contribution in [0.25, 0.3) is 0 Å². The summed E-state index contributed by atoms with van der Waals surface area (Å²) < 4.78 is 32.7. The molecule has 2 N–H and O–H groups in total. The van der Waals surface area contributed by atoms with Crippen molar-refractivity contribution in [1.29, 1.82) is 0 Å². The number of nitrogens with zero attached hydrogens (tertiary/aromatic N) is 1. The fourth-order valence-corrected chi connectivity index (χ4v) is 4.50. The summed E-state index contributed by atoms with van der Waals surface area (Å²) in [5.41, 5.74) is 6.72. The first kappa shape index (κ1) is 15.4. The van der Waals surface area contributed by atoms with Crippen molar-refractivity contribution in [3.8, 4) is 0 Å². The molecule has 0 bridgehead atoms. The third-order valence-electron chi connectivity index (χ3n) is 3.61. The first-order valence-electron chi connectivity index (χ1n) is 6.69. The summed E-state index contributed by atoms with van der Waals surface area (Å²) in [5, 5.41) is 0. The van der Waals surface area contributed by atoms with Crippen LogP contribution in [0.2, 0.25) is 0 Å². The standard InChI is InChI=1S/C14H22N2O3S/c1-11-8-12(9-15)4-5-13(11)20(17,18)16-6-7-19-10-14(16,2)3/h4-5,8H,6-7,9-10,15H2,1-3H3. The number of ether oxygens (including phenoxy) is 1. The van der Waals surface area contributed by atoms with Crippen molar-refractivity contribution in [2.75, 3.05) is 19.8 Å². The Morgan fingerprint density at radius 2 is 2.10 bits per heavy atom. The normalized spacial score (nSPS) is 20.0.